The minimum Gasteiger partial charge on any atom is -0.342 e. The molecule has 0 radical (unpaired) electrons. The van der Waals surface area contributed by atoms with Crippen molar-refractivity contribution in [1.82, 2.24) is 4.90 Å². The first-order valence-corrected chi connectivity index (χ1v) is 5.91. The van der Waals surface area contributed by atoms with Crippen molar-refractivity contribution in [2.75, 3.05) is 13.1 Å². The molecule has 86 valence electrons. The normalized spacial score (nSPS) is 24.5. The van der Waals surface area contributed by atoms with E-state index in [9.17, 15) is 4.79 Å². The Morgan fingerprint density at radius 2 is 1.93 bits per heavy atom. The quantitative estimate of drug-likeness (QED) is 0.700. The second-order valence-electron chi connectivity index (χ2n) is 4.22. The van der Waals surface area contributed by atoms with Gasteiger partial charge in [0.2, 0.25) is 5.91 Å². The summed E-state index contributed by atoms with van der Waals surface area (Å²) in [4.78, 5) is 14.1. The van der Waals surface area contributed by atoms with Gasteiger partial charge in [-0.25, -0.2) is 0 Å². The molecule has 1 rings (SSSR count). The molecule has 1 amide bonds. The molecular formula is C12H22N2O. The van der Waals surface area contributed by atoms with Crippen molar-refractivity contribution in [3.8, 4) is 0 Å². The summed E-state index contributed by atoms with van der Waals surface area (Å²) in [6.45, 7) is 5.94. The zero-order valence-corrected chi connectivity index (χ0v) is 9.78. The number of carbonyl (C=O) groups is 1. The van der Waals surface area contributed by atoms with E-state index in [0.717, 1.165) is 32.4 Å². The van der Waals surface area contributed by atoms with Gasteiger partial charge in [-0.3, -0.25) is 4.79 Å². The van der Waals surface area contributed by atoms with Crippen molar-refractivity contribution >= 4 is 5.91 Å². The minimum absolute atomic E-state index is 0.0260. The average molecular weight is 210 g/mol. The SMILES string of the molecule is CCCN(CCC)C(=O)C1C=CC(N)C1. The first kappa shape index (κ1) is 12.2. The summed E-state index contributed by atoms with van der Waals surface area (Å²) < 4.78 is 0. The number of carbonyl (C=O) groups excluding carboxylic acids is 1. The molecule has 0 aromatic rings. The summed E-state index contributed by atoms with van der Waals surface area (Å²) in [5.74, 6) is 0.279. The molecule has 1 aliphatic carbocycles. The maximum Gasteiger partial charge on any atom is 0.229 e. The summed E-state index contributed by atoms with van der Waals surface area (Å²) in [7, 11) is 0. The van der Waals surface area contributed by atoms with Crippen molar-refractivity contribution in [2.45, 2.75) is 39.2 Å². The van der Waals surface area contributed by atoms with E-state index in [1.54, 1.807) is 0 Å². The Bertz CT molecular complexity index is 232. The lowest BCUT2D eigenvalue weighted by Crippen LogP contribution is -2.37. The molecule has 0 aliphatic heterocycles. The van der Waals surface area contributed by atoms with Crippen LogP contribution in [0.15, 0.2) is 12.2 Å². The van der Waals surface area contributed by atoms with Gasteiger partial charge in [0.25, 0.3) is 0 Å². The zero-order chi connectivity index (χ0) is 11.3. The van der Waals surface area contributed by atoms with Crippen LogP contribution < -0.4 is 5.73 Å². The van der Waals surface area contributed by atoms with Gasteiger partial charge in [-0.1, -0.05) is 26.0 Å². The fourth-order valence-electron chi connectivity index (χ4n) is 2.02. The van der Waals surface area contributed by atoms with Crippen LogP contribution in [0.3, 0.4) is 0 Å². The van der Waals surface area contributed by atoms with E-state index in [-0.39, 0.29) is 17.9 Å². The van der Waals surface area contributed by atoms with Gasteiger partial charge in [0.1, 0.15) is 0 Å². The van der Waals surface area contributed by atoms with Gasteiger partial charge in [0.05, 0.1) is 5.92 Å². The Morgan fingerprint density at radius 3 is 2.33 bits per heavy atom. The van der Waals surface area contributed by atoms with E-state index in [2.05, 4.69) is 13.8 Å². The van der Waals surface area contributed by atoms with E-state index in [4.69, 9.17) is 5.73 Å². The molecule has 0 bridgehead atoms. The van der Waals surface area contributed by atoms with Crippen molar-refractivity contribution in [3.63, 3.8) is 0 Å². The Morgan fingerprint density at radius 1 is 1.33 bits per heavy atom. The highest BCUT2D eigenvalue weighted by Gasteiger charge is 2.26. The minimum atomic E-state index is 0.0260. The maximum atomic E-state index is 12.1. The lowest BCUT2D eigenvalue weighted by molar-refractivity contribution is -0.134. The van der Waals surface area contributed by atoms with Crippen LogP contribution in [0.5, 0.6) is 0 Å². The zero-order valence-electron chi connectivity index (χ0n) is 9.78. The molecule has 2 unspecified atom stereocenters. The van der Waals surface area contributed by atoms with Crippen molar-refractivity contribution < 1.29 is 4.79 Å². The lowest BCUT2D eigenvalue weighted by Gasteiger charge is -2.24. The van der Waals surface area contributed by atoms with Crippen LogP contribution >= 0.6 is 0 Å². The van der Waals surface area contributed by atoms with Crippen molar-refractivity contribution in [2.24, 2.45) is 11.7 Å². The smallest absolute Gasteiger partial charge is 0.229 e. The van der Waals surface area contributed by atoms with Crippen LogP contribution in [0.4, 0.5) is 0 Å². The topological polar surface area (TPSA) is 46.3 Å². The van der Waals surface area contributed by atoms with Gasteiger partial charge in [-0.15, -0.1) is 0 Å². The van der Waals surface area contributed by atoms with Crippen LogP contribution in [0.2, 0.25) is 0 Å². The molecule has 0 aromatic heterocycles. The Balaban J connectivity index is 2.52. The molecule has 3 heteroatoms. The molecule has 3 nitrogen and oxygen atoms in total. The van der Waals surface area contributed by atoms with Crippen LogP contribution in [-0.2, 0) is 4.79 Å². The van der Waals surface area contributed by atoms with Crippen molar-refractivity contribution in [1.29, 1.82) is 0 Å². The highest BCUT2D eigenvalue weighted by Crippen LogP contribution is 2.19. The third-order valence-corrected chi connectivity index (χ3v) is 2.73. The average Bonchev–Trinajstić information content (AvgIpc) is 2.63. The van der Waals surface area contributed by atoms with Gasteiger partial charge in [0.15, 0.2) is 0 Å². The van der Waals surface area contributed by atoms with Gasteiger partial charge < -0.3 is 10.6 Å². The van der Waals surface area contributed by atoms with Crippen LogP contribution in [0, 0.1) is 5.92 Å². The van der Waals surface area contributed by atoms with Gasteiger partial charge in [0, 0.05) is 19.1 Å². The van der Waals surface area contributed by atoms with Crippen molar-refractivity contribution in [3.05, 3.63) is 12.2 Å². The molecule has 0 saturated carbocycles. The third-order valence-electron chi connectivity index (χ3n) is 2.73. The number of rotatable bonds is 5. The van der Waals surface area contributed by atoms with Gasteiger partial charge in [-0.05, 0) is 19.3 Å². The maximum absolute atomic E-state index is 12.1. The number of amides is 1. The summed E-state index contributed by atoms with van der Waals surface area (Å²) in [6, 6.07) is 0.0732. The Labute approximate surface area is 92.3 Å². The number of hydrogen-bond acceptors (Lipinski definition) is 2. The molecule has 2 atom stereocenters. The molecule has 0 saturated heterocycles. The Kier molecular flexibility index (Phi) is 4.82. The molecule has 0 spiro atoms. The first-order valence-electron chi connectivity index (χ1n) is 5.91. The number of nitrogens with zero attached hydrogens (tertiary/aromatic N) is 1. The molecule has 0 aromatic carbocycles. The summed E-state index contributed by atoms with van der Waals surface area (Å²) in [5.41, 5.74) is 5.75. The van der Waals surface area contributed by atoms with Crippen LogP contribution in [0.25, 0.3) is 0 Å². The molecule has 15 heavy (non-hydrogen) atoms. The van der Waals surface area contributed by atoms with Gasteiger partial charge >= 0.3 is 0 Å². The molecule has 1 aliphatic rings. The Hall–Kier alpha value is -0.830. The van der Waals surface area contributed by atoms with E-state index in [1.165, 1.54) is 0 Å². The first-order chi connectivity index (χ1) is 7.19. The molecule has 2 N–H and O–H groups in total. The summed E-state index contributed by atoms with van der Waals surface area (Å²) >= 11 is 0. The van der Waals surface area contributed by atoms with E-state index >= 15 is 0 Å². The standard InChI is InChI=1S/C12H22N2O/c1-3-7-14(8-4-2)12(15)10-5-6-11(13)9-10/h5-6,10-11H,3-4,7-9,13H2,1-2H3. The fraction of sp³-hybridized carbons (Fsp3) is 0.750. The second kappa shape index (κ2) is 5.91. The predicted octanol–water partition coefficient (Wildman–Crippen LogP) is 1.54. The highest BCUT2D eigenvalue weighted by molar-refractivity contribution is 5.81. The van der Waals surface area contributed by atoms with Gasteiger partial charge in [-0.2, -0.15) is 0 Å². The summed E-state index contributed by atoms with van der Waals surface area (Å²) in [5, 5.41) is 0. The molecule has 0 heterocycles. The van der Waals surface area contributed by atoms with E-state index in [0.29, 0.717) is 0 Å². The second-order valence-corrected chi connectivity index (χ2v) is 4.22. The molecule has 0 fully saturated rings. The van der Waals surface area contributed by atoms with Crippen LogP contribution in [0.1, 0.15) is 33.1 Å². The highest BCUT2D eigenvalue weighted by atomic mass is 16.2. The lowest BCUT2D eigenvalue weighted by atomic mass is 10.1. The number of nitrogens with two attached hydrogens (primary N) is 1. The monoisotopic (exact) mass is 210 g/mol. The van der Waals surface area contributed by atoms with Crippen LogP contribution in [-0.4, -0.2) is 29.9 Å². The summed E-state index contributed by atoms with van der Waals surface area (Å²) in [6.07, 6.45) is 6.73. The number of hydrogen-bond donors (Lipinski definition) is 1. The van der Waals surface area contributed by atoms with E-state index in [1.807, 2.05) is 17.1 Å². The predicted molar refractivity (Wildman–Crippen MR) is 62.4 cm³/mol. The van der Waals surface area contributed by atoms with E-state index < -0.39 is 0 Å². The third kappa shape index (κ3) is 3.34. The molecular weight excluding hydrogens is 188 g/mol. The fourth-order valence-corrected chi connectivity index (χ4v) is 2.02. The largest absolute Gasteiger partial charge is 0.342 e.